The summed E-state index contributed by atoms with van der Waals surface area (Å²) in [4.78, 5) is 42.9. The molecule has 16 N–H and O–H groups in total. The van der Waals surface area contributed by atoms with Gasteiger partial charge in [0.15, 0.2) is 5.41 Å². The van der Waals surface area contributed by atoms with E-state index in [0.29, 0.717) is 6.42 Å². The molecule has 1 aromatic rings. The number of aryl methyl sites for hydroxylation is 1. The number of hydrogen-bond acceptors (Lipinski definition) is 5. The summed E-state index contributed by atoms with van der Waals surface area (Å²) in [6, 6.07) is 5.70. The van der Waals surface area contributed by atoms with E-state index < -0.39 is 62.3 Å². The van der Waals surface area contributed by atoms with Crippen molar-refractivity contribution in [2.75, 3.05) is 0 Å². The number of aliphatic carboxylic acids is 4. The molecular weight excluding hydrogens is 1400 g/mol. The summed E-state index contributed by atoms with van der Waals surface area (Å²) in [5.41, 5.74) is 14.2. The molecule has 0 bridgehead atoms. The van der Waals surface area contributed by atoms with Crippen LogP contribution in [0.3, 0.4) is 0 Å². The van der Waals surface area contributed by atoms with Gasteiger partial charge in [0.2, 0.25) is 0 Å². The molecular formula is C20H39Cl4N8O8Pt4-. The molecule has 0 amide bonds. The summed E-state index contributed by atoms with van der Waals surface area (Å²) in [6.45, 7) is 1.97. The van der Waals surface area contributed by atoms with Gasteiger partial charge in [-0.15, -0.1) is 0 Å². The molecule has 24 heteroatoms. The number of aromatic nitrogens is 1. The maximum atomic E-state index is 10.4. The number of hydrogen-bond donors (Lipinski definition) is 4. The van der Waals surface area contributed by atoms with Crippen molar-refractivity contribution in [3.05, 3.63) is 72.3 Å². The summed E-state index contributed by atoms with van der Waals surface area (Å²) in [7, 11) is 19.5. The monoisotopic (exact) mass is 1440 g/mol. The molecule has 3 rings (SSSR count). The van der Waals surface area contributed by atoms with Gasteiger partial charge in [-0.2, -0.15) is 12.1 Å². The van der Waals surface area contributed by atoms with Gasteiger partial charge in [0.05, 0.1) is 0 Å². The van der Waals surface area contributed by atoms with Gasteiger partial charge < -0.3 is 62.6 Å². The number of carbonyl (C=O) groups is 4. The van der Waals surface area contributed by atoms with E-state index in [1.54, 1.807) is 6.20 Å². The van der Waals surface area contributed by atoms with E-state index >= 15 is 0 Å². The van der Waals surface area contributed by atoms with E-state index in [1.165, 1.54) is 12.8 Å². The summed E-state index contributed by atoms with van der Waals surface area (Å²) >= 11 is -0.944. The Bertz CT molecular complexity index is 763. The van der Waals surface area contributed by atoms with E-state index in [1.807, 2.05) is 25.1 Å². The first-order valence-corrected chi connectivity index (χ1v) is 21.4. The zero-order chi connectivity index (χ0) is 29.4. The van der Waals surface area contributed by atoms with Crippen molar-refractivity contribution in [1.82, 2.24) is 4.98 Å². The predicted molar refractivity (Wildman–Crippen MR) is 160 cm³/mol. The van der Waals surface area contributed by atoms with Crippen LogP contribution in [0.2, 0.25) is 0 Å². The molecule has 0 saturated heterocycles. The van der Waals surface area contributed by atoms with Crippen molar-refractivity contribution in [1.29, 1.82) is 0 Å². The van der Waals surface area contributed by atoms with Crippen LogP contribution in [0.15, 0.2) is 24.4 Å². The molecule has 2 atom stereocenters. The molecule has 1 aromatic heterocycles. The van der Waals surface area contributed by atoms with E-state index in [0.717, 1.165) is 18.5 Å². The van der Waals surface area contributed by atoms with Crippen molar-refractivity contribution in [3.63, 3.8) is 0 Å². The van der Waals surface area contributed by atoms with Gasteiger partial charge in [-0.1, -0.05) is 31.7 Å². The maximum absolute atomic E-state index is 10.4. The number of rotatable bonds is 2. The third-order valence-electron chi connectivity index (χ3n) is 4.79. The number of carboxylic acids is 4. The van der Waals surface area contributed by atoms with E-state index in [2.05, 4.69) is 4.98 Å². The first kappa shape index (κ1) is 70.9. The number of pyridine rings is 1. The number of nitrogens with zero attached hydrogens (tertiary/aromatic N) is 1. The topological polar surface area (TPSA) is 377 Å². The van der Waals surface area contributed by atoms with Gasteiger partial charge in [0.1, 0.15) is 0 Å². The molecule has 0 aliphatic heterocycles. The van der Waals surface area contributed by atoms with Crippen LogP contribution in [0.25, 0.3) is 42.2 Å². The van der Waals surface area contributed by atoms with Crippen molar-refractivity contribution < 1.29 is 115 Å². The fraction of sp³-hybridized carbons (Fsp3) is 0.550. The molecule has 2 aliphatic carbocycles. The van der Waals surface area contributed by atoms with E-state index in [9.17, 15) is 9.59 Å². The van der Waals surface area contributed by atoms with Crippen molar-refractivity contribution >= 4 is 61.5 Å². The Labute approximate surface area is 319 Å². The zero-order valence-corrected chi connectivity index (χ0v) is 35.1. The average Bonchev–Trinajstić information content (AvgIpc) is 2.77. The van der Waals surface area contributed by atoms with Gasteiger partial charge in [-0.05, 0) is 38.3 Å². The first-order chi connectivity index (χ1) is 17.3. The molecule has 0 aromatic carbocycles. The molecule has 16 nitrogen and oxygen atoms in total. The quantitative estimate of drug-likeness (QED) is 0.161. The van der Waals surface area contributed by atoms with Crippen molar-refractivity contribution in [2.24, 2.45) is 5.41 Å². The second-order valence-corrected chi connectivity index (χ2v) is 13.8. The molecule has 2 saturated carbocycles. The first-order valence-electron chi connectivity index (χ1n) is 10.1. The Morgan fingerprint density at radius 1 is 0.818 bits per heavy atom. The fourth-order valence-electron chi connectivity index (χ4n) is 2.63. The Kier molecular flexibility index (Phi) is 73.7. The maximum Gasteiger partial charge on any atom is 2.00 e. The van der Waals surface area contributed by atoms with Crippen LogP contribution in [0.1, 0.15) is 50.6 Å². The minimum absolute atomic E-state index is 0. The Balaban J connectivity index is -0.0000000397. The minimum Gasteiger partial charge on any atom is -0.693 e. The van der Waals surface area contributed by atoms with Gasteiger partial charge in [-0.3, -0.25) is 14.6 Å². The van der Waals surface area contributed by atoms with E-state index in [4.69, 9.17) is 79.2 Å². The van der Waals surface area contributed by atoms with Gasteiger partial charge in [0, 0.05) is 11.9 Å². The Morgan fingerprint density at radius 3 is 1.23 bits per heavy atom. The number of carboxylic acid groups (broad SMARTS) is 4. The average molecular weight is 1440 g/mol. The van der Waals surface area contributed by atoms with Crippen LogP contribution >= 0.6 is 37.7 Å². The zero-order valence-electron chi connectivity index (χ0n) is 22.9. The Hall–Kier alpha value is 0.663. The van der Waals surface area contributed by atoms with Crippen LogP contribution < -0.4 is 0 Å². The molecule has 0 radical (unpaired) electrons. The van der Waals surface area contributed by atoms with E-state index in [-0.39, 0.29) is 97.8 Å². The third-order valence-corrected chi connectivity index (χ3v) is 4.79. The smallest absolute Gasteiger partial charge is 0.693 e. The summed E-state index contributed by atoms with van der Waals surface area (Å²) in [5.74, 6) is -6.05. The van der Waals surface area contributed by atoms with Crippen LogP contribution in [-0.2, 0) is 94.3 Å². The summed E-state index contributed by atoms with van der Waals surface area (Å²) in [6.07, 6.45) is 7.29. The molecule has 0 spiro atoms. The Morgan fingerprint density at radius 2 is 1.14 bits per heavy atom. The minimum atomic E-state index is -1.82. The number of halogens is 4. The summed E-state index contributed by atoms with van der Waals surface area (Å²) in [5, 5.41) is 31.7. The third kappa shape index (κ3) is 38.8. The molecule has 0 unspecified atom stereocenters. The second-order valence-electron chi connectivity index (χ2n) is 7.22. The van der Waals surface area contributed by atoms with Crippen LogP contribution in [0.4, 0.5) is 0 Å². The fourth-order valence-corrected chi connectivity index (χ4v) is 2.63. The van der Waals surface area contributed by atoms with Gasteiger partial charge in [-0.25, -0.2) is 9.59 Å². The number of nitrogens with two attached hydrogens (primary N) is 5. The van der Waals surface area contributed by atoms with Crippen LogP contribution in [0.5, 0.6) is 0 Å². The second kappa shape index (κ2) is 45.8. The largest absolute Gasteiger partial charge is 2.00 e. The van der Waals surface area contributed by atoms with Crippen molar-refractivity contribution in [3.8, 4) is 0 Å². The van der Waals surface area contributed by atoms with Crippen molar-refractivity contribution in [2.45, 2.75) is 64.0 Å². The molecule has 2 aliphatic rings. The number of nitrogens with one attached hydrogen (secondary N) is 2. The molecule has 2 fully saturated rings. The molecule has 1 heterocycles. The molecule has 44 heavy (non-hydrogen) atoms. The van der Waals surface area contributed by atoms with Gasteiger partial charge in [0.25, 0.3) is 0 Å². The molecule has 276 valence electrons. The predicted octanol–water partition coefficient (Wildman–Crippen LogP) is 9.61. The standard InChI is InChI=1S/C6H12N2.C6H7N.C6H8O4.C2H2O4.4ClH.5H2N.4Pt/c7-5-3-1-2-4-6(5)8;1-6-4-2-3-5-7-6;7-4(8)6(5(9)10)2-1-3-6;3-1(4)2(5)6;;;;;;;;;;;;;/h5-8H,1-4H2;2-5H,1H3;1-3H2,(H,7,8)(H,9,10);(H,3,4)(H,5,6);4*1H;5*1H2;;;;/q-2;;;;;;;;5*-1;3*+2;+4/p-4/t5-,6+;;;;;;;;;;;;;;;;. The van der Waals surface area contributed by atoms with Gasteiger partial charge >= 0.3 is 137 Å². The normalized spacial score (nSPS) is 15.4. The summed E-state index contributed by atoms with van der Waals surface area (Å²) < 4.78 is 0. The SMILES string of the molecule is Cc1ccccn1.O=C(O)C(=O)O.O=C(O)C1(C(=O)O)CCC1.[Cl][Pt+2][Cl].[Cl][Pt][Cl].[NH-][C@@H]1CCCC[C@@H]1[NH-].[NH2-].[NH2-].[NH2-].[NH2-].[NH2-].[Pt+2].[Pt+2]. The van der Waals surface area contributed by atoms with Crippen LogP contribution in [-0.4, -0.2) is 61.4 Å². The van der Waals surface area contributed by atoms with Crippen LogP contribution in [0, 0.1) is 12.3 Å².